The number of hydrogen-bond acceptors (Lipinski definition) is 7. The van der Waals surface area contributed by atoms with E-state index in [0.29, 0.717) is 47.5 Å². The highest BCUT2D eigenvalue weighted by molar-refractivity contribution is 6.06. The molecule has 1 aliphatic carbocycles. The number of nitrogens with zero attached hydrogens (tertiary/aromatic N) is 6. The minimum absolute atomic E-state index is 0.164. The van der Waals surface area contributed by atoms with Crippen molar-refractivity contribution in [3.05, 3.63) is 71.3 Å². The van der Waals surface area contributed by atoms with Gasteiger partial charge in [0.2, 0.25) is 11.9 Å². The van der Waals surface area contributed by atoms with E-state index in [2.05, 4.69) is 26.7 Å². The summed E-state index contributed by atoms with van der Waals surface area (Å²) in [6.45, 7) is 0.595. The van der Waals surface area contributed by atoms with Gasteiger partial charge in [-0.25, -0.2) is 4.98 Å². The second kappa shape index (κ2) is 8.80. The number of carbonyl (C=O) groups excluding carboxylic acids is 1. The van der Waals surface area contributed by atoms with Gasteiger partial charge in [0.05, 0.1) is 28.8 Å². The van der Waals surface area contributed by atoms with E-state index in [1.807, 2.05) is 29.1 Å². The second-order valence-electron chi connectivity index (χ2n) is 9.05. The molecule has 1 atom stereocenters. The van der Waals surface area contributed by atoms with Crippen LogP contribution in [-0.2, 0) is 11.2 Å². The first-order valence-electron chi connectivity index (χ1n) is 11.9. The Hall–Kier alpha value is -4.32. The first kappa shape index (κ1) is 21.2. The van der Waals surface area contributed by atoms with Crippen LogP contribution in [0.1, 0.15) is 60.2 Å². The average molecular weight is 465 g/mol. The van der Waals surface area contributed by atoms with E-state index in [1.165, 1.54) is 12.8 Å². The molecule has 174 valence electrons. The highest BCUT2D eigenvalue weighted by Gasteiger charge is 2.36. The van der Waals surface area contributed by atoms with Gasteiger partial charge in [0.15, 0.2) is 5.65 Å². The Kier molecular flexibility index (Phi) is 5.34. The van der Waals surface area contributed by atoms with E-state index < -0.39 is 5.92 Å². The van der Waals surface area contributed by atoms with Crippen LogP contribution < -0.4 is 10.6 Å². The maximum absolute atomic E-state index is 13.1. The summed E-state index contributed by atoms with van der Waals surface area (Å²) in [5.74, 6) is -0.373. The summed E-state index contributed by atoms with van der Waals surface area (Å²) in [7, 11) is 0. The number of aromatic nitrogens is 5. The quantitative estimate of drug-likeness (QED) is 0.443. The molecule has 1 amide bonds. The number of amides is 1. The third kappa shape index (κ3) is 3.97. The third-order valence-corrected chi connectivity index (χ3v) is 6.80. The molecule has 1 aromatic carbocycles. The predicted molar refractivity (Wildman–Crippen MR) is 131 cm³/mol. The molecule has 9 nitrogen and oxygen atoms in total. The van der Waals surface area contributed by atoms with Crippen LogP contribution in [0, 0.1) is 11.3 Å². The number of fused-ring (bicyclic) bond motifs is 2. The Morgan fingerprint density at radius 3 is 2.86 bits per heavy atom. The zero-order valence-electron chi connectivity index (χ0n) is 19.1. The van der Waals surface area contributed by atoms with Crippen molar-refractivity contribution in [1.82, 2.24) is 24.7 Å². The number of rotatable bonds is 6. The van der Waals surface area contributed by atoms with Gasteiger partial charge in [-0.05, 0) is 48.7 Å². The topological polar surface area (TPSA) is 121 Å². The lowest BCUT2D eigenvalue weighted by atomic mass is 9.94. The maximum atomic E-state index is 13.1. The summed E-state index contributed by atoms with van der Waals surface area (Å²) >= 11 is 0. The molecular formula is C26H24N8O. The van der Waals surface area contributed by atoms with Crippen molar-refractivity contribution in [1.29, 1.82) is 5.26 Å². The summed E-state index contributed by atoms with van der Waals surface area (Å²) in [5, 5.41) is 21.2. The van der Waals surface area contributed by atoms with Crippen molar-refractivity contribution in [3.63, 3.8) is 0 Å². The van der Waals surface area contributed by atoms with Crippen LogP contribution in [0.4, 0.5) is 11.6 Å². The Morgan fingerprint density at radius 1 is 1.17 bits per heavy atom. The van der Waals surface area contributed by atoms with Crippen molar-refractivity contribution in [2.75, 3.05) is 17.2 Å². The Morgan fingerprint density at radius 2 is 2.06 bits per heavy atom. The summed E-state index contributed by atoms with van der Waals surface area (Å²) in [5.41, 5.74) is 4.11. The lowest BCUT2D eigenvalue weighted by molar-refractivity contribution is -0.116. The molecule has 9 heteroatoms. The van der Waals surface area contributed by atoms with E-state index in [9.17, 15) is 10.1 Å². The number of benzene rings is 1. The van der Waals surface area contributed by atoms with E-state index in [4.69, 9.17) is 10.1 Å². The number of nitrogens with one attached hydrogen (secondary N) is 2. The molecule has 6 rings (SSSR count). The van der Waals surface area contributed by atoms with Gasteiger partial charge in [0.25, 0.3) is 0 Å². The molecule has 1 aliphatic heterocycles. The summed E-state index contributed by atoms with van der Waals surface area (Å²) in [4.78, 5) is 27.0. The minimum Gasteiger partial charge on any atom is -0.354 e. The fourth-order valence-electron chi connectivity index (χ4n) is 5.05. The Balaban J connectivity index is 1.41. The molecule has 35 heavy (non-hydrogen) atoms. The zero-order chi connectivity index (χ0) is 23.8. The van der Waals surface area contributed by atoms with Gasteiger partial charge in [-0.1, -0.05) is 18.9 Å². The van der Waals surface area contributed by atoms with Crippen LogP contribution in [0.15, 0.2) is 48.8 Å². The van der Waals surface area contributed by atoms with Gasteiger partial charge in [0, 0.05) is 36.7 Å². The van der Waals surface area contributed by atoms with Crippen molar-refractivity contribution in [2.45, 2.75) is 44.1 Å². The van der Waals surface area contributed by atoms with Crippen molar-refractivity contribution < 1.29 is 4.79 Å². The SMILES string of the molecule is N#Cc1ccc2c(c1)C(c1nc(NCCc3ccccn3)nc3nn(C4CCCC4)cc13)C(=O)N2. The Labute approximate surface area is 202 Å². The molecule has 4 heterocycles. The molecule has 0 radical (unpaired) electrons. The van der Waals surface area contributed by atoms with Gasteiger partial charge in [-0.15, -0.1) is 0 Å². The number of carbonyl (C=O) groups is 1. The van der Waals surface area contributed by atoms with E-state index in [1.54, 1.807) is 24.4 Å². The largest absolute Gasteiger partial charge is 0.354 e. The lowest BCUT2D eigenvalue weighted by Crippen LogP contribution is -2.17. The normalized spacial score (nSPS) is 17.3. The minimum atomic E-state index is -0.638. The number of pyridine rings is 1. The first-order valence-corrected chi connectivity index (χ1v) is 11.9. The van der Waals surface area contributed by atoms with E-state index in [0.717, 1.165) is 29.5 Å². The molecule has 0 bridgehead atoms. The Bertz CT molecular complexity index is 1450. The molecule has 4 aromatic rings. The van der Waals surface area contributed by atoms with Crippen LogP contribution >= 0.6 is 0 Å². The van der Waals surface area contributed by atoms with Gasteiger partial charge in [0.1, 0.15) is 5.92 Å². The van der Waals surface area contributed by atoms with Crippen LogP contribution in [-0.4, -0.2) is 37.2 Å². The second-order valence-corrected chi connectivity index (χ2v) is 9.05. The monoisotopic (exact) mass is 464 g/mol. The fraction of sp³-hybridized carbons (Fsp3) is 0.308. The molecule has 0 spiro atoms. The molecule has 0 saturated heterocycles. The molecule has 2 N–H and O–H groups in total. The summed E-state index contributed by atoms with van der Waals surface area (Å²) in [6.07, 6.45) is 9.03. The average Bonchev–Trinajstić information content (AvgIpc) is 3.62. The molecule has 3 aromatic heterocycles. The van der Waals surface area contributed by atoms with Gasteiger partial charge in [-0.2, -0.15) is 15.3 Å². The highest BCUT2D eigenvalue weighted by Crippen LogP contribution is 2.40. The van der Waals surface area contributed by atoms with Gasteiger partial charge in [-0.3, -0.25) is 14.5 Å². The third-order valence-electron chi connectivity index (χ3n) is 6.80. The molecule has 1 fully saturated rings. The standard InChI is InChI=1S/C26H24N8O/c27-14-16-8-9-21-19(13-16)22(25(35)30-21)23-20-15-34(18-6-1-2-7-18)33-24(20)32-26(31-23)29-12-10-17-5-3-4-11-28-17/h3-5,8-9,11,13,15,18,22H,1-2,6-7,10,12H2,(H,30,35)(H,29,32,33). The number of hydrogen-bond donors (Lipinski definition) is 2. The van der Waals surface area contributed by atoms with Crippen LogP contribution in [0.25, 0.3) is 11.0 Å². The van der Waals surface area contributed by atoms with Crippen molar-refractivity contribution in [3.8, 4) is 6.07 Å². The predicted octanol–water partition coefficient (Wildman–Crippen LogP) is 3.95. The van der Waals surface area contributed by atoms with Gasteiger partial charge >= 0.3 is 0 Å². The van der Waals surface area contributed by atoms with Crippen LogP contribution in [0.5, 0.6) is 0 Å². The summed E-state index contributed by atoms with van der Waals surface area (Å²) in [6, 6.07) is 13.6. The summed E-state index contributed by atoms with van der Waals surface area (Å²) < 4.78 is 1.99. The lowest BCUT2D eigenvalue weighted by Gasteiger charge is -2.12. The fourth-order valence-corrected chi connectivity index (χ4v) is 5.05. The number of nitriles is 1. The van der Waals surface area contributed by atoms with Gasteiger partial charge < -0.3 is 10.6 Å². The number of anilines is 2. The van der Waals surface area contributed by atoms with Crippen molar-refractivity contribution in [2.24, 2.45) is 0 Å². The smallest absolute Gasteiger partial charge is 0.238 e. The van der Waals surface area contributed by atoms with E-state index >= 15 is 0 Å². The molecule has 1 saturated carbocycles. The van der Waals surface area contributed by atoms with E-state index in [-0.39, 0.29) is 5.91 Å². The molecular weight excluding hydrogens is 440 g/mol. The van der Waals surface area contributed by atoms with Crippen LogP contribution in [0.3, 0.4) is 0 Å². The van der Waals surface area contributed by atoms with Crippen LogP contribution in [0.2, 0.25) is 0 Å². The highest BCUT2D eigenvalue weighted by atomic mass is 16.2. The first-order chi connectivity index (χ1) is 17.2. The van der Waals surface area contributed by atoms with Crippen molar-refractivity contribution >= 4 is 28.6 Å². The molecule has 1 unspecified atom stereocenters. The molecule has 2 aliphatic rings. The maximum Gasteiger partial charge on any atom is 0.238 e. The zero-order valence-corrected chi connectivity index (χ0v) is 19.1.